The molecule has 1 aliphatic heterocycles. The molecule has 1 fully saturated rings. The highest BCUT2D eigenvalue weighted by molar-refractivity contribution is 6.04. The molecular weight excluding hydrogens is 387 g/mol. The Hall–Kier alpha value is -3.42. The Morgan fingerprint density at radius 1 is 1.07 bits per heavy atom. The fourth-order valence-electron chi connectivity index (χ4n) is 3.81. The first kappa shape index (κ1) is 19.9. The molecule has 0 saturated carbocycles. The predicted octanol–water partition coefficient (Wildman–Crippen LogP) is 2.53. The van der Waals surface area contributed by atoms with Crippen molar-refractivity contribution in [3.05, 3.63) is 64.3 Å². The Labute approximate surface area is 173 Å². The number of halogens is 1. The van der Waals surface area contributed by atoms with Crippen LogP contribution >= 0.6 is 0 Å². The molecule has 1 aromatic heterocycles. The number of rotatable bonds is 4. The molecule has 0 spiro atoms. The van der Waals surface area contributed by atoms with Gasteiger partial charge in [-0.05, 0) is 25.1 Å². The van der Waals surface area contributed by atoms with Crippen molar-refractivity contribution in [2.24, 2.45) is 0 Å². The third kappa shape index (κ3) is 3.38. The summed E-state index contributed by atoms with van der Waals surface area (Å²) in [6.07, 6.45) is 0. The minimum atomic E-state index is -0.401. The Balaban J connectivity index is 1.59. The zero-order valence-corrected chi connectivity index (χ0v) is 17.0. The lowest BCUT2D eigenvalue weighted by molar-refractivity contribution is 0.0740. The molecule has 1 amide bonds. The minimum Gasteiger partial charge on any atom is -0.494 e. The summed E-state index contributed by atoms with van der Waals surface area (Å²) < 4.78 is 21.0. The van der Waals surface area contributed by atoms with Gasteiger partial charge >= 0.3 is 0 Å². The number of piperazine rings is 1. The van der Waals surface area contributed by atoms with Crippen molar-refractivity contribution in [1.82, 2.24) is 14.7 Å². The number of amides is 1. The van der Waals surface area contributed by atoms with E-state index in [1.54, 1.807) is 47.4 Å². The number of carbonyl (C=O) groups excluding carboxylic acids is 1. The number of carbonyl (C=O) groups is 1. The van der Waals surface area contributed by atoms with Crippen LogP contribution in [-0.2, 0) is 6.54 Å². The van der Waals surface area contributed by atoms with Crippen molar-refractivity contribution >= 4 is 22.4 Å². The van der Waals surface area contributed by atoms with Crippen LogP contribution in [0.25, 0.3) is 10.8 Å². The van der Waals surface area contributed by atoms with Gasteiger partial charge in [0, 0.05) is 38.1 Å². The number of benzene rings is 2. The van der Waals surface area contributed by atoms with Gasteiger partial charge < -0.3 is 14.5 Å². The van der Waals surface area contributed by atoms with Gasteiger partial charge in [0.15, 0.2) is 17.3 Å². The molecular formula is C22H23FN4O3. The van der Waals surface area contributed by atoms with E-state index in [1.807, 2.05) is 11.8 Å². The van der Waals surface area contributed by atoms with Crippen molar-refractivity contribution in [3.8, 4) is 5.75 Å². The number of aromatic nitrogens is 2. The number of anilines is 1. The largest absolute Gasteiger partial charge is 0.494 e. The van der Waals surface area contributed by atoms with Gasteiger partial charge in [-0.3, -0.25) is 9.59 Å². The smallest absolute Gasteiger partial charge is 0.275 e. The lowest BCUT2D eigenvalue weighted by Crippen LogP contribution is -2.49. The Kier molecular flexibility index (Phi) is 5.39. The van der Waals surface area contributed by atoms with Crippen LogP contribution < -0.4 is 15.2 Å². The summed E-state index contributed by atoms with van der Waals surface area (Å²) in [7, 11) is 1.44. The van der Waals surface area contributed by atoms with Crippen molar-refractivity contribution < 1.29 is 13.9 Å². The summed E-state index contributed by atoms with van der Waals surface area (Å²) in [5.74, 6) is -0.426. The topological polar surface area (TPSA) is 67.7 Å². The van der Waals surface area contributed by atoms with Gasteiger partial charge in [-0.2, -0.15) is 5.10 Å². The predicted molar refractivity (Wildman–Crippen MR) is 113 cm³/mol. The summed E-state index contributed by atoms with van der Waals surface area (Å²) in [4.78, 5) is 29.4. The van der Waals surface area contributed by atoms with Gasteiger partial charge in [0.25, 0.3) is 11.5 Å². The van der Waals surface area contributed by atoms with E-state index >= 15 is 0 Å². The Morgan fingerprint density at radius 2 is 1.77 bits per heavy atom. The number of nitrogens with zero attached hydrogens (tertiary/aromatic N) is 4. The van der Waals surface area contributed by atoms with Crippen LogP contribution in [-0.4, -0.2) is 53.9 Å². The highest BCUT2D eigenvalue weighted by atomic mass is 19.1. The van der Waals surface area contributed by atoms with E-state index in [-0.39, 0.29) is 22.9 Å². The average Bonchev–Trinajstić information content (AvgIpc) is 2.79. The molecule has 0 unspecified atom stereocenters. The second kappa shape index (κ2) is 8.14. The average molecular weight is 410 g/mol. The zero-order chi connectivity index (χ0) is 21.3. The van der Waals surface area contributed by atoms with Crippen LogP contribution in [0.1, 0.15) is 17.4 Å². The van der Waals surface area contributed by atoms with E-state index in [9.17, 15) is 14.0 Å². The lowest BCUT2D eigenvalue weighted by Gasteiger charge is -2.36. The molecule has 3 aromatic rings. The molecule has 0 aliphatic carbocycles. The first-order chi connectivity index (χ1) is 14.5. The van der Waals surface area contributed by atoms with E-state index in [4.69, 9.17) is 4.74 Å². The molecule has 0 bridgehead atoms. The molecule has 2 heterocycles. The van der Waals surface area contributed by atoms with Crippen LogP contribution in [0.5, 0.6) is 5.75 Å². The van der Waals surface area contributed by atoms with Gasteiger partial charge in [-0.1, -0.05) is 24.3 Å². The molecule has 0 N–H and O–H groups in total. The number of hydrogen-bond donors (Lipinski definition) is 0. The van der Waals surface area contributed by atoms with Crippen LogP contribution in [0.15, 0.2) is 47.3 Å². The number of aryl methyl sites for hydroxylation is 1. The summed E-state index contributed by atoms with van der Waals surface area (Å²) in [5.41, 5.74) is 0.528. The van der Waals surface area contributed by atoms with E-state index in [2.05, 4.69) is 5.10 Å². The van der Waals surface area contributed by atoms with Gasteiger partial charge in [0.05, 0.1) is 18.2 Å². The lowest BCUT2D eigenvalue weighted by atomic mass is 10.1. The quantitative estimate of drug-likeness (QED) is 0.661. The molecule has 7 nitrogen and oxygen atoms in total. The third-order valence-corrected chi connectivity index (χ3v) is 5.44. The number of methoxy groups -OCH3 is 1. The van der Waals surface area contributed by atoms with E-state index in [1.165, 1.54) is 11.8 Å². The molecule has 0 radical (unpaired) electrons. The molecule has 4 rings (SSSR count). The summed E-state index contributed by atoms with van der Waals surface area (Å²) in [6.45, 7) is 4.03. The molecule has 2 aromatic carbocycles. The maximum absolute atomic E-state index is 14.6. The van der Waals surface area contributed by atoms with Gasteiger partial charge in [-0.15, -0.1) is 0 Å². The maximum atomic E-state index is 14.6. The fraction of sp³-hybridized carbons (Fsp3) is 0.318. The molecule has 30 heavy (non-hydrogen) atoms. The van der Waals surface area contributed by atoms with Crippen molar-refractivity contribution in [2.75, 3.05) is 38.2 Å². The fourth-order valence-corrected chi connectivity index (χ4v) is 3.81. The zero-order valence-electron chi connectivity index (χ0n) is 17.0. The van der Waals surface area contributed by atoms with Crippen LogP contribution in [0, 0.1) is 5.82 Å². The van der Waals surface area contributed by atoms with E-state index < -0.39 is 5.82 Å². The number of ether oxygens (including phenoxy) is 1. The summed E-state index contributed by atoms with van der Waals surface area (Å²) in [5, 5.41) is 5.37. The van der Waals surface area contributed by atoms with Gasteiger partial charge in [0.2, 0.25) is 0 Å². The number of hydrogen-bond acceptors (Lipinski definition) is 5. The molecule has 1 saturated heterocycles. The SMILES string of the molecule is CCn1nc(C(=O)N2CCN(c3cccc(OC)c3F)CC2)c2ccccc2c1=O. The molecule has 8 heteroatoms. The van der Waals surface area contributed by atoms with E-state index in [0.717, 1.165) is 0 Å². The van der Waals surface area contributed by atoms with Crippen LogP contribution in [0.4, 0.5) is 10.1 Å². The first-order valence-corrected chi connectivity index (χ1v) is 9.91. The molecule has 0 atom stereocenters. The van der Waals surface area contributed by atoms with Crippen LogP contribution in [0.2, 0.25) is 0 Å². The monoisotopic (exact) mass is 410 g/mol. The standard InChI is InChI=1S/C22H23FN4O3/c1-3-27-21(28)16-8-5-4-7-15(16)20(24-27)22(29)26-13-11-25(12-14-26)17-9-6-10-18(30-2)19(17)23/h4-10H,3,11-14H2,1-2H3. The van der Waals surface area contributed by atoms with Crippen LogP contribution in [0.3, 0.4) is 0 Å². The molecule has 1 aliphatic rings. The van der Waals surface area contributed by atoms with Crippen molar-refractivity contribution in [3.63, 3.8) is 0 Å². The second-order valence-electron chi connectivity index (χ2n) is 7.09. The number of fused-ring (bicyclic) bond motifs is 1. The highest BCUT2D eigenvalue weighted by Gasteiger charge is 2.27. The van der Waals surface area contributed by atoms with Gasteiger partial charge in [0.1, 0.15) is 0 Å². The van der Waals surface area contributed by atoms with Gasteiger partial charge in [-0.25, -0.2) is 9.07 Å². The third-order valence-electron chi connectivity index (χ3n) is 5.44. The Bertz CT molecular complexity index is 1150. The Morgan fingerprint density at radius 3 is 2.43 bits per heavy atom. The summed E-state index contributed by atoms with van der Waals surface area (Å²) >= 11 is 0. The maximum Gasteiger partial charge on any atom is 0.275 e. The van der Waals surface area contributed by atoms with Crippen molar-refractivity contribution in [1.29, 1.82) is 0 Å². The van der Waals surface area contributed by atoms with Crippen molar-refractivity contribution in [2.45, 2.75) is 13.5 Å². The second-order valence-corrected chi connectivity index (χ2v) is 7.09. The minimum absolute atomic E-state index is 0.198. The summed E-state index contributed by atoms with van der Waals surface area (Å²) in [6, 6.07) is 12.1. The molecule has 156 valence electrons. The highest BCUT2D eigenvalue weighted by Crippen LogP contribution is 2.28. The normalized spacial score (nSPS) is 14.2. The van der Waals surface area contributed by atoms with E-state index in [0.29, 0.717) is 49.2 Å². The first-order valence-electron chi connectivity index (χ1n) is 9.91.